The Morgan fingerprint density at radius 3 is 2.43 bits per heavy atom. The topological polar surface area (TPSA) is 129 Å². The van der Waals surface area contributed by atoms with Gasteiger partial charge in [0.1, 0.15) is 5.69 Å². The number of ether oxygens (including phenoxy) is 2. The molecule has 0 aliphatic carbocycles. The smallest absolute Gasteiger partial charge is 0.301 e. The molecule has 0 unspecified atom stereocenters. The molecule has 10 nitrogen and oxygen atoms in total. The van der Waals surface area contributed by atoms with Crippen LogP contribution in [0.2, 0.25) is 0 Å². The van der Waals surface area contributed by atoms with Crippen LogP contribution < -0.4 is 14.9 Å². The van der Waals surface area contributed by atoms with Crippen LogP contribution >= 0.6 is 22.6 Å². The number of nitro benzene ring substituents is 2. The SMILES string of the molecule is CCOc1cc(/C=N\Nc2ccc([N+](=O)[O-])cc2[N+](=O)[O-])cc(I)c1OCC. The fourth-order valence-corrected chi connectivity index (χ4v) is 3.05. The summed E-state index contributed by atoms with van der Waals surface area (Å²) in [5.74, 6) is 1.21. The molecular formula is C17H17IN4O6. The molecule has 0 bridgehead atoms. The van der Waals surface area contributed by atoms with Gasteiger partial charge in [-0.05, 0) is 60.2 Å². The van der Waals surface area contributed by atoms with Gasteiger partial charge in [-0.3, -0.25) is 25.7 Å². The lowest BCUT2D eigenvalue weighted by atomic mass is 10.2. The molecule has 0 saturated heterocycles. The van der Waals surface area contributed by atoms with Gasteiger partial charge < -0.3 is 9.47 Å². The van der Waals surface area contributed by atoms with Crippen molar-refractivity contribution in [1.82, 2.24) is 0 Å². The van der Waals surface area contributed by atoms with E-state index in [4.69, 9.17) is 9.47 Å². The third-order valence-electron chi connectivity index (χ3n) is 3.41. The molecule has 28 heavy (non-hydrogen) atoms. The molecule has 0 heterocycles. The maximum atomic E-state index is 11.1. The van der Waals surface area contributed by atoms with Crippen molar-refractivity contribution < 1.29 is 19.3 Å². The maximum absolute atomic E-state index is 11.1. The molecule has 2 aromatic rings. The average molecular weight is 500 g/mol. The van der Waals surface area contributed by atoms with Crippen molar-refractivity contribution in [2.75, 3.05) is 18.6 Å². The van der Waals surface area contributed by atoms with E-state index in [2.05, 4.69) is 33.1 Å². The largest absolute Gasteiger partial charge is 0.490 e. The molecule has 2 aromatic carbocycles. The third-order valence-corrected chi connectivity index (χ3v) is 4.21. The average Bonchev–Trinajstić information content (AvgIpc) is 2.64. The number of non-ortho nitro benzene ring substituents is 1. The van der Waals surface area contributed by atoms with Crippen LogP contribution in [0.3, 0.4) is 0 Å². The van der Waals surface area contributed by atoms with Crippen molar-refractivity contribution in [3.63, 3.8) is 0 Å². The lowest BCUT2D eigenvalue weighted by Crippen LogP contribution is -2.02. The van der Waals surface area contributed by atoms with Crippen LogP contribution in [0.1, 0.15) is 19.4 Å². The Balaban J connectivity index is 2.27. The molecule has 0 saturated carbocycles. The fourth-order valence-electron chi connectivity index (χ4n) is 2.27. The van der Waals surface area contributed by atoms with E-state index in [-0.39, 0.29) is 11.4 Å². The highest BCUT2D eigenvalue weighted by molar-refractivity contribution is 14.1. The third kappa shape index (κ3) is 5.28. The quantitative estimate of drug-likeness (QED) is 0.235. The summed E-state index contributed by atoms with van der Waals surface area (Å²) in [6.45, 7) is 4.69. The van der Waals surface area contributed by atoms with Crippen molar-refractivity contribution in [3.05, 3.63) is 59.7 Å². The summed E-state index contributed by atoms with van der Waals surface area (Å²) in [5.41, 5.74) is 2.46. The van der Waals surface area contributed by atoms with Gasteiger partial charge in [-0.1, -0.05) is 0 Å². The number of rotatable bonds is 9. The molecule has 0 radical (unpaired) electrons. The Morgan fingerprint density at radius 1 is 1.11 bits per heavy atom. The number of nitrogens with zero attached hydrogens (tertiary/aromatic N) is 3. The molecule has 0 fully saturated rings. The number of anilines is 1. The van der Waals surface area contributed by atoms with Gasteiger partial charge in [-0.25, -0.2) is 0 Å². The first-order valence-electron chi connectivity index (χ1n) is 8.18. The van der Waals surface area contributed by atoms with Crippen molar-refractivity contribution in [1.29, 1.82) is 0 Å². The van der Waals surface area contributed by atoms with E-state index in [1.807, 2.05) is 19.9 Å². The molecule has 0 aliphatic rings. The van der Waals surface area contributed by atoms with E-state index in [1.54, 1.807) is 6.07 Å². The number of nitro groups is 2. The first-order valence-corrected chi connectivity index (χ1v) is 9.26. The van der Waals surface area contributed by atoms with Crippen LogP contribution in [-0.4, -0.2) is 29.3 Å². The number of hydrogen-bond acceptors (Lipinski definition) is 8. The molecule has 11 heteroatoms. The molecule has 1 N–H and O–H groups in total. The van der Waals surface area contributed by atoms with Crippen LogP contribution in [0.5, 0.6) is 11.5 Å². The van der Waals surface area contributed by atoms with E-state index in [0.717, 1.165) is 15.7 Å². The lowest BCUT2D eigenvalue weighted by Gasteiger charge is -2.13. The molecule has 2 rings (SSSR count). The van der Waals surface area contributed by atoms with E-state index >= 15 is 0 Å². The number of benzene rings is 2. The Bertz CT molecular complexity index is 919. The fraction of sp³-hybridized carbons (Fsp3) is 0.235. The zero-order valence-electron chi connectivity index (χ0n) is 15.0. The van der Waals surface area contributed by atoms with Gasteiger partial charge in [-0.2, -0.15) is 5.10 Å². The molecule has 0 atom stereocenters. The van der Waals surface area contributed by atoms with Crippen molar-refractivity contribution in [3.8, 4) is 11.5 Å². The Morgan fingerprint density at radius 2 is 1.82 bits per heavy atom. The van der Waals surface area contributed by atoms with E-state index in [0.29, 0.717) is 30.3 Å². The normalized spacial score (nSPS) is 10.7. The van der Waals surface area contributed by atoms with Gasteiger partial charge in [0.15, 0.2) is 11.5 Å². The summed E-state index contributed by atoms with van der Waals surface area (Å²) in [7, 11) is 0. The van der Waals surface area contributed by atoms with Crippen molar-refractivity contribution >= 4 is 45.9 Å². The van der Waals surface area contributed by atoms with Crippen molar-refractivity contribution in [2.24, 2.45) is 5.10 Å². The molecule has 148 valence electrons. The van der Waals surface area contributed by atoms with Gasteiger partial charge in [0.05, 0.1) is 38.9 Å². The first kappa shape index (κ1) is 21.3. The molecule has 0 spiro atoms. The Labute approximate surface area is 174 Å². The first-order chi connectivity index (χ1) is 13.4. The number of halogens is 1. The minimum Gasteiger partial charge on any atom is -0.490 e. The van der Waals surface area contributed by atoms with Gasteiger partial charge in [0, 0.05) is 6.07 Å². The minimum absolute atomic E-state index is 0.0394. The number of hydrogen-bond donors (Lipinski definition) is 1. The second kappa shape index (κ2) is 9.82. The summed E-state index contributed by atoms with van der Waals surface area (Å²) in [4.78, 5) is 20.5. The standard InChI is InChI=1S/C17H17IN4O6/c1-3-27-16-8-11(7-13(18)17(16)28-4-2)10-19-20-14-6-5-12(21(23)24)9-15(14)22(25)26/h5-10,20H,3-4H2,1-2H3/b19-10-. The van der Waals surface area contributed by atoms with E-state index in [1.165, 1.54) is 12.3 Å². The van der Waals surface area contributed by atoms with Crippen LogP contribution in [0.15, 0.2) is 35.4 Å². The lowest BCUT2D eigenvalue weighted by molar-refractivity contribution is -0.393. The molecule has 0 aliphatic heterocycles. The van der Waals surface area contributed by atoms with Crippen LogP contribution in [0.25, 0.3) is 0 Å². The van der Waals surface area contributed by atoms with Gasteiger partial charge in [0.25, 0.3) is 5.69 Å². The maximum Gasteiger partial charge on any atom is 0.301 e. The van der Waals surface area contributed by atoms with E-state index in [9.17, 15) is 20.2 Å². The number of nitrogens with one attached hydrogen (secondary N) is 1. The summed E-state index contributed by atoms with van der Waals surface area (Å²) in [5, 5.41) is 25.9. The Kier molecular flexibility index (Phi) is 7.49. The zero-order valence-corrected chi connectivity index (χ0v) is 17.2. The predicted molar refractivity (Wildman–Crippen MR) is 112 cm³/mol. The molecule has 0 amide bonds. The summed E-state index contributed by atoms with van der Waals surface area (Å²) < 4.78 is 12.0. The highest BCUT2D eigenvalue weighted by Crippen LogP contribution is 2.34. The highest BCUT2D eigenvalue weighted by Gasteiger charge is 2.19. The summed E-state index contributed by atoms with van der Waals surface area (Å²) in [6, 6.07) is 6.85. The van der Waals surface area contributed by atoms with Crippen molar-refractivity contribution in [2.45, 2.75) is 13.8 Å². The second-order valence-corrected chi connectivity index (χ2v) is 6.44. The van der Waals surface area contributed by atoms with E-state index < -0.39 is 15.5 Å². The van der Waals surface area contributed by atoms with Gasteiger partial charge in [-0.15, -0.1) is 0 Å². The van der Waals surface area contributed by atoms with Crippen LogP contribution in [-0.2, 0) is 0 Å². The number of hydrazone groups is 1. The predicted octanol–water partition coefficient (Wildman–Crippen LogP) is 4.35. The van der Waals surface area contributed by atoms with Gasteiger partial charge in [0.2, 0.25) is 0 Å². The zero-order chi connectivity index (χ0) is 20.7. The van der Waals surface area contributed by atoms with Gasteiger partial charge >= 0.3 is 5.69 Å². The summed E-state index contributed by atoms with van der Waals surface area (Å²) in [6.07, 6.45) is 1.46. The van der Waals surface area contributed by atoms with Crippen LogP contribution in [0, 0.1) is 23.8 Å². The molecule has 0 aromatic heterocycles. The Hall–Kier alpha value is -2.96. The molecular weight excluding hydrogens is 483 g/mol. The van der Waals surface area contributed by atoms with Crippen LogP contribution in [0.4, 0.5) is 17.1 Å². The monoisotopic (exact) mass is 500 g/mol. The summed E-state index contributed by atoms with van der Waals surface area (Å²) >= 11 is 2.12. The minimum atomic E-state index is -0.710. The second-order valence-electron chi connectivity index (χ2n) is 5.28. The highest BCUT2D eigenvalue weighted by atomic mass is 127.